The van der Waals surface area contributed by atoms with Gasteiger partial charge in [0.25, 0.3) is 0 Å². The molecule has 0 saturated carbocycles. The average Bonchev–Trinajstić information content (AvgIpc) is 3.30. The Bertz CT molecular complexity index is 1370. The van der Waals surface area contributed by atoms with E-state index in [2.05, 4.69) is 44.3 Å². The van der Waals surface area contributed by atoms with E-state index in [1.165, 1.54) is 5.56 Å². The topological polar surface area (TPSA) is 83.5 Å². The fraction of sp³-hybridized carbons (Fsp3) is 0.286. The van der Waals surface area contributed by atoms with Gasteiger partial charge in [-0.05, 0) is 42.3 Å². The molecule has 5 rings (SSSR count). The van der Waals surface area contributed by atoms with Crippen LogP contribution in [0.5, 0.6) is 5.75 Å². The van der Waals surface area contributed by atoms with Gasteiger partial charge < -0.3 is 14.6 Å². The predicted molar refractivity (Wildman–Crippen MR) is 147 cm³/mol. The quantitative estimate of drug-likeness (QED) is 0.296. The average molecular weight is 539 g/mol. The van der Waals surface area contributed by atoms with Crippen molar-refractivity contribution in [2.45, 2.75) is 25.7 Å². The molecule has 0 aliphatic carbocycles. The minimum atomic E-state index is -0.350. The summed E-state index contributed by atoms with van der Waals surface area (Å²) in [6.45, 7) is 5.07. The minimum absolute atomic E-state index is 0.0577. The molecule has 2 N–H and O–H groups in total. The molecule has 1 fully saturated rings. The molecule has 0 spiro atoms. The van der Waals surface area contributed by atoms with E-state index in [0.717, 1.165) is 41.8 Å². The van der Waals surface area contributed by atoms with Gasteiger partial charge in [-0.3, -0.25) is 15.0 Å². The lowest BCUT2D eigenvalue weighted by Crippen LogP contribution is -2.43. The summed E-state index contributed by atoms with van der Waals surface area (Å²) in [6.07, 6.45) is 6.71. The third kappa shape index (κ3) is 6.14. The summed E-state index contributed by atoms with van der Waals surface area (Å²) in [4.78, 5) is 6.32. The number of rotatable bonds is 8. The van der Waals surface area contributed by atoms with E-state index < -0.39 is 0 Å². The van der Waals surface area contributed by atoms with Gasteiger partial charge in [-0.25, -0.2) is 0 Å². The van der Waals surface area contributed by atoms with Crippen molar-refractivity contribution >= 4 is 46.3 Å². The minimum Gasteiger partial charge on any atom is -0.486 e. The first-order valence-electron chi connectivity index (χ1n) is 12.2. The molecular formula is C28H28Cl2N4O3. The van der Waals surface area contributed by atoms with Crippen molar-refractivity contribution in [1.29, 1.82) is 0 Å². The number of nitrogens with zero attached hydrogens (tertiary/aromatic N) is 3. The molecule has 2 aromatic heterocycles. The third-order valence-electron chi connectivity index (χ3n) is 6.42. The molecule has 1 aliphatic heterocycles. The molecule has 0 radical (unpaired) electrons. The second-order valence-corrected chi connectivity index (χ2v) is 9.89. The van der Waals surface area contributed by atoms with E-state index in [1.807, 2.05) is 37.3 Å². The number of morpholine rings is 1. The van der Waals surface area contributed by atoms with Crippen molar-refractivity contribution in [2.75, 3.05) is 26.3 Å². The summed E-state index contributed by atoms with van der Waals surface area (Å²) in [7, 11) is 0. The molecule has 9 heteroatoms. The summed E-state index contributed by atoms with van der Waals surface area (Å²) in [5.41, 5.74) is 4.75. The summed E-state index contributed by atoms with van der Waals surface area (Å²) in [5, 5.41) is 18.8. The highest BCUT2D eigenvalue weighted by atomic mass is 35.5. The van der Waals surface area contributed by atoms with Crippen LogP contribution in [-0.2, 0) is 11.3 Å². The number of benzene rings is 2. The summed E-state index contributed by atoms with van der Waals surface area (Å²) >= 11 is 12.6. The van der Waals surface area contributed by atoms with E-state index in [1.54, 1.807) is 12.4 Å². The molecule has 1 saturated heterocycles. The van der Waals surface area contributed by atoms with Gasteiger partial charge in [0.2, 0.25) is 0 Å². The van der Waals surface area contributed by atoms with Crippen LogP contribution in [0.3, 0.4) is 0 Å². The van der Waals surface area contributed by atoms with Crippen LogP contribution in [0.1, 0.15) is 35.4 Å². The zero-order valence-corrected chi connectivity index (χ0v) is 21.9. The zero-order valence-electron chi connectivity index (χ0n) is 20.4. The van der Waals surface area contributed by atoms with Crippen LogP contribution in [0.2, 0.25) is 10.0 Å². The van der Waals surface area contributed by atoms with Crippen LogP contribution in [0.4, 0.5) is 0 Å². The number of ether oxygens (including phenoxy) is 2. The lowest BCUT2D eigenvalue weighted by molar-refractivity contribution is -0.0551. The summed E-state index contributed by atoms with van der Waals surface area (Å²) < 4.78 is 11.7. The smallest absolute Gasteiger partial charge is 0.124 e. The molecule has 2 aromatic carbocycles. The maximum Gasteiger partial charge on any atom is 0.124 e. The first-order valence-corrected chi connectivity index (χ1v) is 12.9. The number of halogens is 2. The van der Waals surface area contributed by atoms with Crippen LogP contribution in [0, 0.1) is 0 Å². The Hall–Kier alpha value is -2.94. The monoisotopic (exact) mass is 538 g/mol. The van der Waals surface area contributed by atoms with Gasteiger partial charge in [0.05, 0.1) is 40.6 Å². The second-order valence-electron chi connectivity index (χ2n) is 9.08. The number of H-pyrrole nitrogens is 1. The molecule has 3 heterocycles. The molecule has 2 unspecified atom stereocenters. The van der Waals surface area contributed by atoms with Crippen LogP contribution in [-0.4, -0.2) is 57.6 Å². The molecular weight excluding hydrogens is 511 g/mol. The van der Waals surface area contributed by atoms with Crippen molar-refractivity contribution in [3.8, 4) is 5.75 Å². The van der Waals surface area contributed by atoms with Crippen LogP contribution >= 0.6 is 23.2 Å². The summed E-state index contributed by atoms with van der Waals surface area (Å²) in [5.74, 6) is 0.691. The van der Waals surface area contributed by atoms with Crippen LogP contribution < -0.4 is 4.74 Å². The molecule has 7 nitrogen and oxygen atoms in total. The van der Waals surface area contributed by atoms with E-state index in [0.29, 0.717) is 28.0 Å². The Morgan fingerprint density at radius 2 is 1.95 bits per heavy atom. The Morgan fingerprint density at radius 3 is 2.70 bits per heavy atom. The fourth-order valence-corrected chi connectivity index (χ4v) is 5.16. The molecule has 0 amide bonds. The Balaban J connectivity index is 1.27. The Morgan fingerprint density at radius 1 is 1.16 bits per heavy atom. The number of hydrogen-bond donors (Lipinski definition) is 2. The maximum absolute atomic E-state index is 9.35. The lowest BCUT2D eigenvalue weighted by Gasteiger charge is -2.32. The van der Waals surface area contributed by atoms with E-state index >= 15 is 0 Å². The lowest BCUT2D eigenvalue weighted by atomic mass is 10.1. The molecule has 0 bridgehead atoms. The number of hydrogen-bond acceptors (Lipinski definition) is 6. The van der Waals surface area contributed by atoms with Crippen molar-refractivity contribution < 1.29 is 14.6 Å². The van der Waals surface area contributed by atoms with Crippen LogP contribution in [0.25, 0.3) is 23.1 Å². The van der Waals surface area contributed by atoms with Gasteiger partial charge in [0, 0.05) is 43.0 Å². The number of pyridine rings is 1. The molecule has 2 atom stereocenters. The SMILES string of the molecule is CC(Oc1ccc2[nH]nc(/C=C/c3ccc(CN4CCOC(CO)C4)cc3)c2c1)c1c(Cl)cncc1Cl. The van der Waals surface area contributed by atoms with Gasteiger partial charge in [0.1, 0.15) is 11.9 Å². The highest BCUT2D eigenvalue weighted by molar-refractivity contribution is 6.35. The number of fused-ring (bicyclic) bond motifs is 1. The van der Waals surface area contributed by atoms with E-state index in [-0.39, 0.29) is 18.8 Å². The highest BCUT2D eigenvalue weighted by Gasteiger charge is 2.19. The molecule has 4 aromatic rings. The van der Waals surface area contributed by atoms with E-state index in [4.69, 9.17) is 32.7 Å². The third-order valence-corrected chi connectivity index (χ3v) is 7.02. The first-order chi connectivity index (χ1) is 18.0. The van der Waals surface area contributed by atoms with Crippen molar-refractivity contribution in [1.82, 2.24) is 20.1 Å². The van der Waals surface area contributed by atoms with Gasteiger partial charge in [-0.1, -0.05) is 53.5 Å². The number of aliphatic hydroxyl groups excluding tert-OH is 1. The highest BCUT2D eigenvalue weighted by Crippen LogP contribution is 2.33. The van der Waals surface area contributed by atoms with Gasteiger partial charge >= 0.3 is 0 Å². The van der Waals surface area contributed by atoms with Gasteiger partial charge in [-0.15, -0.1) is 0 Å². The standard InChI is InChI=1S/C28H28Cl2N4O3/c1-18(28-24(29)13-31-14-25(28)30)37-21-7-9-27-23(12-21)26(32-33-27)8-6-19-2-4-20(5-3-19)15-34-10-11-36-22(16-34)17-35/h2-9,12-14,18,22,35H,10-11,15-17H2,1H3,(H,32,33)/b8-6+. The summed E-state index contributed by atoms with van der Waals surface area (Å²) in [6, 6.07) is 14.3. The molecule has 37 heavy (non-hydrogen) atoms. The normalized spacial score (nSPS) is 17.5. The largest absolute Gasteiger partial charge is 0.486 e. The van der Waals surface area contributed by atoms with Crippen molar-refractivity contribution in [2.24, 2.45) is 0 Å². The zero-order chi connectivity index (χ0) is 25.8. The number of aromatic amines is 1. The number of nitrogens with one attached hydrogen (secondary N) is 1. The van der Waals surface area contributed by atoms with Crippen molar-refractivity contribution in [3.63, 3.8) is 0 Å². The Kier molecular flexibility index (Phi) is 8.08. The second kappa shape index (κ2) is 11.6. The van der Waals surface area contributed by atoms with Crippen molar-refractivity contribution in [3.05, 3.63) is 87.3 Å². The predicted octanol–water partition coefficient (Wildman–Crippen LogP) is 5.77. The van der Waals surface area contributed by atoms with Gasteiger partial charge in [0.15, 0.2) is 0 Å². The van der Waals surface area contributed by atoms with E-state index in [9.17, 15) is 5.11 Å². The molecule has 1 aliphatic rings. The van der Waals surface area contributed by atoms with Gasteiger partial charge in [-0.2, -0.15) is 5.10 Å². The molecule has 192 valence electrons. The number of aliphatic hydroxyl groups is 1. The fourth-order valence-electron chi connectivity index (χ4n) is 4.49. The Labute approximate surface area is 225 Å². The maximum atomic E-state index is 9.35. The number of aromatic nitrogens is 3. The van der Waals surface area contributed by atoms with Crippen LogP contribution in [0.15, 0.2) is 54.9 Å². The first kappa shape index (κ1) is 25.7.